The Balaban J connectivity index is 1.63. The van der Waals surface area contributed by atoms with Crippen LogP contribution < -0.4 is 10.1 Å². The van der Waals surface area contributed by atoms with Crippen LogP contribution in [0, 0.1) is 13.8 Å². The van der Waals surface area contributed by atoms with Crippen molar-refractivity contribution in [1.29, 1.82) is 0 Å². The zero-order valence-corrected chi connectivity index (χ0v) is 17.3. The van der Waals surface area contributed by atoms with Gasteiger partial charge in [-0.2, -0.15) is 0 Å². The number of Topliss-reactive ketones (excluding diaryl/α,β-unsaturated/α-hetero) is 1. The minimum absolute atomic E-state index is 0.0570. The number of aryl methyl sites for hydroxylation is 2. The first kappa shape index (κ1) is 19.4. The molecule has 1 atom stereocenters. The number of carbonyl (C=O) groups excluding carboxylic acids is 1. The predicted molar refractivity (Wildman–Crippen MR) is 112 cm³/mol. The van der Waals surface area contributed by atoms with Crippen molar-refractivity contribution in [2.75, 3.05) is 12.4 Å². The van der Waals surface area contributed by atoms with Crippen LogP contribution in [0.15, 0.2) is 46.8 Å². The molecule has 0 bridgehead atoms. The molecule has 0 saturated carbocycles. The SMILES string of the molecule is COc1ccc(C(=O)[C@H](C)Sc2nnc(Nc3ccc(C)c(C)c3)s2)cc1. The summed E-state index contributed by atoms with van der Waals surface area (Å²) in [7, 11) is 1.61. The number of carbonyl (C=O) groups is 1. The lowest BCUT2D eigenvalue weighted by Gasteiger charge is -2.08. The Kier molecular flexibility index (Phi) is 6.13. The van der Waals surface area contributed by atoms with Crippen LogP contribution in [0.4, 0.5) is 10.8 Å². The van der Waals surface area contributed by atoms with Crippen molar-refractivity contribution in [2.45, 2.75) is 30.4 Å². The van der Waals surface area contributed by atoms with Gasteiger partial charge in [-0.1, -0.05) is 29.2 Å². The standard InChI is InChI=1S/C20H21N3O2S2/c1-12-5-8-16(11-13(12)2)21-19-22-23-20(27-19)26-14(3)18(24)15-6-9-17(25-4)10-7-15/h5-11,14H,1-4H3,(H,21,22)/t14-/m0/s1. The van der Waals surface area contributed by atoms with E-state index in [9.17, 15) is 4.79 Å². The normalized spacial score (nSPS) is 11.9. The fourth-order valence-corrected chi connectivity index (χ4v) is 4.44. The number of hydrogen-bond acceptors (Lipinski definition) is 7. The number of methoxy groups -OCH3 is 1. The molecular weight excluding hydrogens is 378 g/mol. The minimum Gasteiger partial charge on any atom is -0.497 e. The number of rotatable bonds is 7. The van der Waals surface area contributed by atoms with E-state index in [2.05, 4.69) is 41.5 Å². The Hall–Kier alpha value is -2.38. The molecule has 0 aliphatic carbocycles. The third-order valence-electron chi connectivity index (χ3n) is 4.19. The van der Waals surface area contributed by atoms with Gasteiger partial charge in [0.25, 0.3) is 0 Å². The highest BCUT2D eigenvalue weighted by molar-refractivity contribution is 8.02. The molecule has 27 heavy (non-hydrogen) atoms. The molecule has 0 aliphatic rings. The van der Waals surface area contributed by atoms with Gasteiger partial charge in [0.15, 0.2) is 10.1 Å². The van der Waals surface area contributed by atoms with E-state index < -0.39 is 0 Å². The first-order valence-corrected chi connectivity index (χ1v) is 10.2. The molecule has 7 heteroatoms. The zero-order chi connectivity index (χ0) is 19.4. The Bertz CT molecular complexity index is 939. The monoisotopic (exact) mass is 399 g/mol. The third-order valence-corrected chi connectivity index (χ3v) is 6.21. The lowest BCUT2D eigenvalue weighted by molar-refractivity contribution is 0.0994. The van der Waals surface area contributed by atoms with Crippen LogP contribution >= 0.6 is 23.1 Å². The second kappa shape index (κ2) is 8.54. The summed E-state index contributed by atoms with van der Waals surface area (Å²) in [5.74, 6) is 0.791. The predicted octanol–water partition coefficient (Wildman–Crippen LogP) is 5.27. The number of nitrogens with one attached hydrogen (secondary N) is 1. The van der Waals surface area contributed by atoms with Gasteiger partial charge in [0.1, 0.15) is 5.75 Å². The Labute approximate surface area is 167 Å². The van der Waals surface area contributed by atoms with Crippen molar-refractivity contribution in [3.63, 3.8) is 0 Å². The molecule has 0 aliphatic heterocycles. The summed E-state index contributed by atoms with van der Waals surface area (Å²) >= 11 is 2.86. The number of benzene rings is 2. The summed E-state index contributed by atoms with van der Waals surface area (Å²) in [4.78, 5) is 12.6. The number of hydrogen-bond donors (Lipinski definition) is 1. The fourth-order valence-electron chi connectivity index (χ4n) is 2.45. The number of anilines is 2. The molecule has 0 spiro atoms. The Morgan fingerprint density at radius 2 is 1.85 bits per heavy atom. The number of aromatic nitrogens is 2. The summed E-state index contributed by atoms with van der Waals surface area (Å²) in [6.45, 7) is 6.05. The average Bonchev–Trinajstić information content (AvgIpc) is 3.11. The second-order valence-corrected chi connectivity index (χ2v) is 8.72. The summed E-state index contributed by atoms with van der Waals surface area (Å²) in [5, 5.41) is 12.1. The van der Waals surface area contributed by atoms with E-state index in [4.69, 9.17) is 4.74 Å². The van der Waals surface area contributed by atoms with Crippen LogP contribution in [0.1, 0.15) is 28.4 Å². The number of ketones is 1. The van der Waals surface area contributed by atoms with Gasteiger partial charge >= 0.3 is 0 Å². The molecular formula is C20H21N3O2S2. The largest absolute Gasteiger partial charge is 0.497 e. The van der Waals surface area contributed by atoms with Crippen molar-refractivity contribution in [3.05, 3.63) is 59.2 Å². The highest BCUT2D eigenvalue weighted by Gasteiger charge is 2.19. The fraction of sp³-hybridized carbons (Fsp3) is 0.250. The number of thioether (sulfide) groups is 1. The van der Waals surface area contributed by atoms with E-state index in [0.29, 0.717) is 10.7 Å². The molecule has 1 heterocycles. The van der Waals surface area contributed by atoms with Crippen molar-refractivity contribution in [1.82, 2.24) is 10.2 Å². The maximum atomic E-state index is 12.6. The topological polar surface area (TPSA) is 64.1 Å². The lowest BCUT2D eigenvalue weighted by Crippen LogP contribution is -2.13. The molecule has 0 radical (unpaired) electrons. The van der Waals surface area contributed by atoms with E-state index >= 15 is 0 Å². The molecule has 5 nitrogen and oxygen atoms in total. The molecule has 3 rings (SSSR count). The summed E-state index contributed by atoms with van der Waals surface area (Å²) in [5.41, 5.74) is 4.11. The molecule has 3 aromatic rings. The molecule has 0 unspecified atom stereocenters. The van der Waals surface area contributed by atoms with Gasteiger partial charge in [-0.3, -0.25) is 4.79 Å². The van der Waals surface area contributed by atoms with E-state index in [1.807, 2.05) is 13.0 Å². The van der Waals surface area contributed by atoms with Gasteiger partial charge in [-0.25, -0.2) is 0 Å². The summed E-state index contributed by atoms with van der Waals surface area (Å²) in [6.07, 6.45) is 0. The lowest BCUT2D eigenvalue weighted by atomic mass is 10.1. The van der Waals surface area contributed by atoms with Crippen LogP contribution in [0.3, 0.4) is 0 Å². The average molecular weight is 400 g/mol. The van der Waals surface area contributed by atoms with Crippen molar-refractivity contribution in [3.8, 4) is 5.75 Å². The Morgan fingerprint density at radius 3 is 2.52 bits per heavy atom. The van der Waals surface area contributed by atoms with E-state index in [-0.39, 0.29) is 11.0 Å². The molecule has 0 fully saturated rings. The number of nitrogens with zero attached hydrogens (tertiary/aromatic N) is 2. The minimum atomic E-state index is -0.249. The van der Waals surface area contributed by atoms with Crippen molar-refractivity contribution < 1.29 is 9.53 Å². The molecule has 0 saturated heterocycles. The van der Waals surface area contributed by atoms with Gasteiger partial charge in [-0.05, 0) is 68.3 Å². The van der Waals surface area contributed by atoms with Crippen LogP contribution in [0.2, 0.25) is 0 Å². The summed E-state index contributed by atoms with van der Waals surface area (Å²) in [6, 6.07) is 13.3. The van der Waals surface area contributed by atoms with Crippen LogP contribution in [0.25, 0.3) is 0 Å². The third kappa shape index (κ3) is 4.87. The van der Waals surface area contributed by atoms with Crippen LogP contribution in [-0.4, -0.2) is 28.3 Å². The zero-order valence-electron chi connectivity index (χ0n) is 15.6. The van der Waals surface area contributed by atoms with Gasteiger partial charge in [0.2, 0.25) is 5.13 Å². The smallest absolute Gasteiger partial charge is 0.210 e. The maximum Gasteiger partial charge on any atom is 0.210 e. The first-order chi connectivity index (χ1) is 13.0. The highest BCUT2D eigenvalue weighted by Crippen LogP contribution is 2.32. The summed E-state index contributed by atoms with van der Waals surface area (Å²) < 4.78 is 5.89. The molecule has 1 N–H and O–H groups in total. The van der Waals surface area contributed by atoms with Crippen molar-refractivity contribution >= 4 is 39.7 Å². The van der Waals surface area contributed by atoms with Crippen molar-refractivity contribution in [2.24, 2.45) is 0 Å². The quantitative estimate of drug-likeness (QED) is 0.431. The highest BCUT2D eigenvalue weighted by atomic mass is 32.2. The van der Waals surface area contributed by atoms with Gasteiger partial charge < -0.3 is 10.1 Å². The Morgan fingerprint density at radius 1 is 1.11 bits per heavy atom. The van der Waals surface area contributed by atoms with E-state index in [1.54, 1.807) is 31.4 Å². The van der Waals surface area contributed by atoms with Gasteiger partial charge in [-0.15, -0.1) is 10.2 Å². The van der Waals surface area contributed by atoms with E-state index in [0.717, 1.165) is 15.8 Å². The molecule has 2 aromatic carbocycles. The van der Waals surface area contributed by atoms with Gasteiger partial charge in [0.05, 0.1) is 12.4 Å². The molecule has 1 aromatic heterocycles. The number of ether oxygens (including phenoxy) is 1. The first-order valence-electron chi connectivity index (χ1n) is 8.49. The van der Waals surface area contributed by atoms with Crippen LogP contribution in [0.5, 0.6) is 5.75 Å². The maximum absolute atomic E-state index is 12.6. The second-order valence-electron chi connectivity index (χ2n) is 6.15. The molecule has 140 valence electrons. The van der Waals surface area contributed by atoms with Crippen LogP contribution in [-0.2, 0) is 0 Å². The van der Waals surface area contributed by atoms with Gasteiger partial charge in [0, 0.05) is 11.3 Å². The molecule has 0 amide bonds. The van der Waals surface area contributed by atoms with E-state index in [1.165, 1.54) is 34.2 Å².